The minimum absolute atomic E-state index is 0.0158. The molecule has 19 heavy (non-hydrogen) atoms. The lowest BCUT2D eigenvalue weighted by atomic mass is 10.2. The summed E-state index contributed by atoms with van der Waals surface area (Å²) < 4.78 is 0. The van der Waals surface area contributed by atoms with Gasteiger partial charge in [0.2, 0.25) is 5.91 Å². The van der Waals surface area contributed by atoms with Gasteiger partial charge in [-0.05, 0) is 31.2 Å². The van der Waals surface area contributed by atoms with Crippen molar-refractivity contribution in [3.05, 3.63) is 22.4 Å². The van der Waals surface area contributed by atoms with Crippen molar-refractivity contribution in [2.75, 3.05) is 13.2 Å². The van der Waals surface area contributed by atoms with Crippen molar-refractivity contribution in [2.45, 2.75) is 32.2 Å². The predicted octanol–water partition coefficient (Wildman–Crippen LogP) is 1.15. The van der Waals surface area contributed by atoms with Crippen LogP contribution in [0.15, 0.2) is 16.8 Å². The van der Waals surface area contributed by atoms with Crippen molar-refractivity contribution >= 4 is 23.2 Å². The second-order valence-corrected chi connectivity index (χ2v) is 5.13. The Hall–Kier alpha value is -1.40. The molecule has 0 saturated heterocycles. The number of carbonyl (C=O) groups is 2. The first-order valence-corrected chi connectivity index (χ1v) is 7.28. The van der Waals surface area contributed by atoms with E-state index in [1.165, 1.54) is 11.3 Å². The van der Waals surface area contributed by atoms with Gasteiger partial charge in [-0.3, -0.25) is 9.59 Å². The molecule has 2 amide bonds. The summed E-state index contributed by atoms with van der Waals surface area (Å²) in [6.07, 6.45) is 1.54. The summed E-state index contributed by atoms with van der Waals surface area (Å²) in [6, 6.07) is 1.75. The second-order valence-electron chi connectivity index (χ2n) is 4.35. The SMILES string of the molecule is CC(CCO)NC(=O)CCCNC(=O)c1ccsc1. The first-order chi connectivity index (χ1) is 9.13. The Bertz CT molecular complexity index is 393. The number of hydrogen-bond donors (Lipinski definition) is 3. The Morgan fingerprint density at radius 3 is 2.89 bits per heavy atom. The maximum atomic E-state index is 11.6. The molecule has 0 bridgehead atoms. The third-order valence-corrected chi connectivity index (χ3v) is 3.30. The van der Waals surface area contributed by atoms with Crippen LogP contribution in [0.1, 0.15) is 36.5 Å². The van der Waals surface area contributed by atoms with Crippen LogP contribution in [0.2, 0.25) is 0 Å². The zero-order chi connectivity index (χ0) is 14.1. The minimum Gasteiger partial charge on any atom is -0.396 e. The summed E-state index contributed by atoms with van der Waals surface area (Å²) in [5.41, 5.74) is 0.658. The third kappa shape index (κ3) is 6.35. The maximum absolute atomic E-state index is 11.6. The van der Waals surface area contributed by atoms with E-state index in [-0.39, 0.29) is 24.5 Å². The number of carbonyl (C=O) groups excluding carboxylic acids is 2. The van der Waals surface area contributed by atoms with Crippen molar-refractivity contribution in [1.82, 2.24) is 10.6 Å². The van der Waals surface area contributed by atoms with Gasteiger partial charge in [0.15, 0.2) is 0 Å². The molecule has 6 heteroatoms. The molecule has 0 saturated carbocycles. The fraction of sp³-hybridized carbons (Fsp3) is 0.538. The molecule has 1 aromatic heterocycles. The van der Waals surface area contributed by atoms with Crippen molar-refractivity contribution in [1.29, 1.82) is 0 Å². The molecule has 0 aliphatic carbocycles. The molecule has 1 aromatic rings. The van der Waals surface area contributed by atoms with E-state index in [2.05, 4.69) is 10.6 Å². The Labute approximate surface area is 117 Å². The van der Waals surface area contributed by atoms with Crippen LogP contribution in [0, 0.1) is 0 Å². The average Bonchev–Trinajstić information content (AvgIpc) is 2.88. The highest BCUT2D eigenvalue weighted by Gasteiger charge is 2.08. The molecule has 1 unspecified atom stereocenters. The van der Waals surface area contributed by atoms with Crippen LogP contribution in [0.4, 0.5) is 0 Å². The summed E-state index contributed by atoms with van der Waals surface area (Å²) in [5, 5.41) is 17.9. The molecule has 0 spiro atoms. The number of rotatable bonds is 8. The molecule has 0 aromatic carbocycles. The maximum Gasteiger partial charge on any atom is 0.252 e. The molecular formula is C13H20N2O3S. The molecule has 3 N–H and O–H groups in total. The van der Waals surface area contributed by atoms with Crippen molar-refractivity contribution in [2.24, 2.45) is 0 Å². The third-order valence-electron chi connectivity index (χ3n) is 2.62. The van der Waals surface area contributed by atoms with Gasteiger partial charge in [-0.1, -0.05) is 0 Å². The summed E-state index contributed by atoms with van der Waals surface area (Å²) in [4.78, 5) is 23.1. The van der Waals surface area contributed by atoms with E-state index in [1.54, 1.807) is 11.4 Å². The number of hydrogen-bond acceptors (Lipinski definition) is 4. The van der Waals surface area contributed by atoms with Gasteiger partial charge in [-0.15, -0.1) is 0 Å². The second kappa shape index (κ2) is 8.66. The fourth-order valence-electron chi connectivity index (χ4n) is 1.56. The summed E-state index contributed by atoms with van der Waals surface area (Å²) in [5.74, 6) is -0.152. The molecule has 0 aliphatic heterocycles. The zero-order valence-corrected chi connectivity index (χ0v) is 11.8. The lowest BCUT2D eigenvalue weighted by Crippen LogP contribution is -2.33. The van der Waals surface area contributed by atoms with Gasteiger partial charge in [0.05, 0.1) is 0 Å². The van der Waals surface area contributed by atoms with Crippen LogP contribution < -0.4 is 10.6 Å². The Balaban J connectivity index is 2.10. The van der Waals surface area contributed by atoms with Gasteiger partial charge >= 0.3 is 0 Å². The van der Waals surface area contributed by atoms with E-state index >= 15 is 0 Å². The number of nitrogens with one attached hydrogen (secondary N) is 2. The molecule has 0 fully saturated rings. The summed E-state index contributed by atoms with van der Waals surface area (Å²) in [7, 11) is 0. The molecule has 1 atom stereocenters. The molecule has 0 radical (unpaired) electrons. The number of aliphatic hydroxyl groups excluding tert-OH is 1. The highest BCUT2D eigenvalue weighted by atomic mass is 32.1. The van der Waals surface area contributed by atoms with E-state index < -0.39 is 0 Å². The Morgan fingerprint density at radius 2 is 2.26 bits per heavy atom. The van der Waals surface area contributed by atoms with E-state index in [9.17, 15) is 9.59 Å². The lowest BCUT2D eigenvalue weighted by Gasteiger charge is -2.12. The van der Waals surface area contributed by atoms with Gasteiger partial charge in [0, 0.05) is 36.6 Å². The van der Waals surface area contributed by atoms with Crippen LogP contribution in [-0.4, -0.2) is 36.1 Å². The van der Waals surface area contributed by atoms with E-state index in [1.807, 2.05) is 12.3 Å². The quantitative estimate of drug-likeness (QED) is 0.627. The molecular weight excluding hydrogens is 264 g/mol. The molecule has 106 valence electrons. The molecule has 5 nitrogen and oxygen atoms in total. The fourth-order valence-corrected chi connectivity index (χ4v) is 2.20. The molecule has 1 heterocycles. The first kappa shape index (κ1) is 15.7. The molecule has 0 aliphatic rings. The van der Waals surface area contributed by atoms with Crippen LogP contribution in [0.5, 0.6) is 0 Å². The normalized spacial score (nSPS) is 11.9. The Kier molecular flexibility index (Phi) is 7.14. The van der Waals surface area contributed by atoms with Crippen molar-refractivity contribution in [3.8, 4) is 0 Å². The Morgan fingerprint density at radius 1 is 1.47 bits per heavy atom. The molecule has 1 rings (SSSR count). The van der Waals surface area contributed by atoms with E-state index in [0.29, 0.717) is 31.4 Å². The monoisotopic (exact) mass is 284 g/mol. The van der Waals surface area contributed by atoms with Crippen LogP contribution in [-0.2, 0) is 4.79 Å². The van der Waals surface area contributed by atoms with Crippen molar-refractivity contribution < 1.29 is 14.7 Å². The lowest BCUT2D eigenvalue weighted by molar-refractivity contribution is -0.121. The highest BCUT2D eigenvalue weighted by molar-refractivity contribution is 7.08. The van der Waals surface area contributed by atoms with Crippen LogP contribution >= 0.6 is 11.3 Å². The summed E-state index contributed by atoms with van der Waals surface area (Å²) in [6.45, 7) is 2.40. The predicted molar refractivity (Wildman–Crippen MR) is 75.2 cm³/mol. The zero-order valence-electron chi connectivity index (χ0n) is 11.0. The van der Waals surface area contributed by atoms with Crippen molar-refractivity contribution in [3.63, 3.8) is 0 Å². The smallest absolute Gasteiger partial charge is 0.252 e. The first-order valence-electron chi connectivity index (χ1n) is 6.34. The summed E-state index contributed by atoms with van der Waals surface area (Å²) >= 11 is 1.48. The van der Waals surface area contributed by atoms with E-state index in [4.69, 9.17) is 5.11 Å². The highest BCUT2D eigenvalue weighted by Crippen LogP contribution is 2.05. The number of thiophene rings is 1. The average molecular weight is 284 g/mol. The van der Waals surface area contributed by atoms with Gasteiger partial charge in [0.25, 0.3) is 5.91 Å². The van der Waals surface area contributed by atoms with Gasteiger partial charge in [-0.25, -0.2) is 0 Å². The van der Waals surface area contributed by atoms with Crippen LogP contribution in [0.25, 0.3) is 0 Å². The van der Waals surface area contributed by atoms with E-state index in [0.717, 1.165) is 0 Å². The van der Waals surface area contributed by atoms with Gasteiger partial charge in [0.1, 0.15) is 0 Å². The van der Waals surface area contributed by atoms with Gasteiger partial charge < -0.3 is 15.7 Å². The van der Waals surface area contributed by atoms with Crippen LogP contribution in [0.3, 0.4) is 0 Å². The largest absolute Gasteiger partial charge is 0.396 e. The number of amides is 2. The number of aliphatic hydroxyl groups is 1. The standard InChI is InChI=1S/C13H20N2O3S/c1-10(4-7-16)15-12(17)3-2-6-14-13(18)11-5-8-19-9-11/h5,8-10,16H,2-4,6-7H2,1H3,(H,14,18)(H,15,17). The van der Waals surface area contributed by atoms with Gasteiger partial charge in [-0.2, -0.15) is 11.3 Å². The topological polar surface area (TPSA) is 78.4 Å². The minimum atomic E-state index is -0.102.